The van der Waals surface area contributed by atoms with Crippen molar-refractivity contribution in [3.05, 3.63) is 47.7 Å². The lowest BCUT2D eigenvalue weighted by Crippen LogP contribution is -2.39. The highest BCUT2D eigenvalue weighted by Gasteiger charge is 2.24. The summed E-state index contributed by atoms with van der Waals surface area (Å²) in [6.07, 6.45) is 0.977. The van der Waals surface area contributed by atoms with Crippen molar-refractivity contribution in [3.63, 3.8) is 0 Å². The van der Waals surface area contributed by atoms with Crippen LogP contribution in [-0.4, -0.2) is 39.8 Å². The summed E-state index contributed by atoms with van der Waals surface area (Å²) in [5.41, 5.74) is 2.20. The van der Waals surface area contributed by atoms with E-state index in [1.165, 1.54) is 5.56 Å². The third kappa shape index (κ3) is 4.10. The highest BCUT2D eigenvalue weighted by Crippen LogP contribution is 2.14. The molecule has 0 unspecified atom stereocenters. The Kier molecular flexibility index (Phi) is 4.62. The third-order valence-corrected chi connectivity index (χ3v) is 4.10. The molecule has 2 heterocycles. The van der Waals surface area contributed by atoms with E-state index in [9.17, 15) is 4.79 Å². The summed E-state index contributed by atoms with van der Waals surface area (Å²) in [6.45, 7) is 4.72. The van der Waals surface area contributed by atoms with Crippen molar-refractivity contribution in [1.82, 2.24) is 20.0 Å². The topological polar surface area (TPSA) is 62.2 Å². The molecule has 6 heteroatoms. The van der Waals surface area contributed by atoms with E-state index in [0.29, 0.717) is 5.82 Å². The van der Waals surface area contributed by atoms with Crippen LogP contribution in [0.5, 0.6) is 0 Å². The molecule has 0 bridgehead atoms. The average molecular weight is 313 g/mol. The van der Waals surface area contributed by atoms with E-state index in [-0.39, 0.29) is 12.1 Å². The van der Waals surface area contributed by atoms with Crippen LogP contribution >= 0.6 is 0 Å². The van der Waals surface area contributed by atoms with Gasteiger partial charge in [-0.1, -0.05) is 30.3 Å². The van der Waals surface area contributed by atoms with Crippen LogP contribution in [0.1, 0.15) is 17.7 Å². The lowest BCUT2D eigenvalue weighted by atomic mass is 10.2. The molecule has 1 saturated heterocycles. The van der Waals surface area contributed by atoms with Crippen LogP contribution in [0, 0.1) is 6.92 Å². The van der Waals surface area contributed by atoms with Gasteiger partial charge in [-0.3, -0.25) is 14.9 Å². The number of likely N-dealkylation sites (tertiary alicyclic amines) is 1. The zero-order valence-corrected chi connectivity index (χ0v) is 13.6. The molecular weight excluding hydrogens is 290 g/mol. The number of rotatable bonds is 4. The summed E-state index contributed by atoms with van der Waals surface area (Å²) in [5.74, 6) is 0.708. The number of hydrogen-bond donors (Lipinski definition) is 2. The summed E-state index contributed by atoms with van der Waals surface area (Å²) < 4.78 is 1.67. The number of amides is 2. The smallest absolute Gasteiger partial charge is 0.320 e. The molecule has 1 atom stereocenters. The number of nitrogens with one attached hydrogen (secondary N) is 2. The van der Waals surface area contributed by atoms with Gasteiger partial charge >= 0.3 is 6.03 Å². The van der Waals surface area contributed by atoms with Crippen molar-refractivity contribution in [1.29, 1.82) is 0 Å². The second-order valence-electron chi connectivity index (χ2n) is 6.10. The lowest BCUT2D eigenvalue weighted by Gasteiger charge is -2.17. The van der Waals surface area contributed by atoms with Crippen molar-refractivity contribution < 1.29 is 4.79 Å². The first kappa shape index (κ1) is 15.6. The molecule has 1 aromatic heterocycles. The molecule has 2 amide bonds. The predicted octanol–water partition coefficient (Wildman–Crippen LogP) is 2.12. The Labute approximate surface area is 136 Å². The predicted molar refractivity (Wildman–Crippen MR) is 90.2 cm³/mol. The molecule has 6 nitrogen and oxygen atoms in total. The number of hydrogen-bond acceptors (Lipinski definition) is 3. The van der Waals surface area contributed by atoms with Crippen molar-refractivity contribution >= 4 is 11.8 Å². The fourth-order valence-corrected chi connectivity index (χ4v) is 3.00. The monoisotopic (exact) mass is 313 g/mol. The van der Waals surface area contributed by atoms with E-state index in [2.05, 4.69) is 44.9 Å². The molecule has 3 rings (SSSR count). The summed E-state index contributed by atoms with van der Waals surface area (Å²) in [4.78, 5) is 14.5. The van der Waals surface area contributed by atoms with Crippen molar-refractivity contribution in [3.8, 4) is 0 Å². The van der Waals surface area contributed by atoms with Crippen LogP contribution in [0.2, 0.25) is 0 Å². The zero-order chi connectivity index (χ0) is 16.2. The molecule has 0 aliphatic carbocycles. The molecule has 1 aliphatic rings. The van der Waals surface area contributed by atoms with Crippen LogP contribution in [0.4, 0.5) is 10.6 Å². The molecule has 122 valence electrons. The van der Waals surface area contributed by atoms with Gasteiger partial charge in [0, 0.05) is 38.8 Å². The summed E-state index contributed by atoms with van der Waals surface area (Å²) in [5, 5.41) is 10.1. The first-order valence-electron chi connectivity index (χ1n) is 7.94. The lowest BCUT2D eigenvalue weighted by molar-refractivity contribution is 0.247. The first-order chi connectivity index (χ1) is 11.1. The van der Waals surface area contributed by atoms with Gasteiger partial charge in [-0.15, -0.1) is 0 Å². The van der Waals surface area contributed by atoms with Gasteiger partial charge in [0.1, 0.15) is 5.82 Å². The van der Waals surface area contributed by atoms with E-state index in [1.54, 1.807) is 4.68 Å². The maximum Gasteiger partial charge on any atom is 0.320 e. The van der Waals surface area contributed by atoms with Gasteiger partial charge in [-0.2, -0.15) is 5.10 Å². The van der Waals surface area contributed by atoms with E-state index < -0.39 is 0 Å². The van der Waals surface area contributed by atoms with Crippen LogP contribution < -0.4 is 10.6 Å². The molecule has 0 saturated carbocycles. The summed E-state index contributed by atoms with van der Waals surface area (Å²) in [6, 6.07) is 12.3. The summed E-state index contributed by atoms with van der Waals surface area (Å²) in [7, 11) is 1.82. The molecule has 2 aromatic rings. The maximum atomic E-state index is 12.1. The second kappa shape index (κ2) is 6.83. The highest BCUT2D eigenvalue weighted by molar-refractivity contribution is 5.88. The Bertz CT molecular complexity index is 667. The first-order valence-corrected chi connectivity index (χ1v) is 7.94. The van der Waals surface area contributed by atoms with E-state index in [4.69, 9.17) is 0 Å². The van der Waals surface area contributed by atoms with Gasteiger partial charge in [-0.25, -0.2) is 4.79 Å². The van der Waals surface area contributed by atoms with Crippen molar-refractivity contribution in [2.24, 2.45) is 7.05 Å². The van der Waals surface area contributed by atoms with Gasteiger partial charge in [0.15, 0.2) is 0 Å². The minimum Gasteiger partial charge on any atom is -0.334 e. The number of benzene rings is 1. The van der Waals surface area contributed by atoms with Crippen molar-refractivity contribution in [2.45, 2.75) is 25.9 Å². The SMILES string of the molecule is Cc1cc(NC(=O)N[C@H]2CCN(Cc3ccccc3)C2)n(C)n1. The fourth-order valence-electron chi connectivity index (χ4n) is 3.00. The number of aryl methyl sites for hydroxylation is 2. The Morgan fingerprint density at radius 1 is 1.35 bits per heavy atom. The minimum atomic E-state index is -0.167. The van der Waals surface area contributed by atoms with E-state index >= 15 is 0 Å². The Morgan fingerprint density at radius 3 is 2.83 bits per heavy atom. The fraction of sp³-hybridized carbons (Fsp3) is 0.412. The number of aromatic nitrogens is 2. The van der Waals surface area contributed by atoms with Gasteiger partial charge < -0.3 is 5.32 Å². The number of carbonyl (C=O) groups is 1. The van der Waals surface area contributed by atoms with Crippen molar-refractivity contribution in [2.75, 3.05) is 18.4 Å². The van der Waals surface area contributed by atoms with E-state index in [1.807, 2.05) is 26.1 Å². The molecule has 0 spiro atoms. The number of nitrogens with zero attached hydrogens (tertiary/aromatic N) is 3. The molecule has 1 aliphatic heterocycles. The Hall–Kier alpha value is -2.34. The van der Waals surface area contributed by atoms with Gasteiger partial charge in [0.25, 0.3) is 0 Å². The Morgan fingerprint density at radius 2 is 2.13 bits per heavy atom. The minimum absolute atomic E-state index is 0.167. The standard InChI is InChI=1S/C17H23N5O/c1-13-10-16(21(2)20-13)19-17(23)18-15-8-9-22(12-15)11-14-6-4-3-5-7-14/h3-7,10,15H,8-9,11-12H2,1-2H3,(H2,18,19,23)/t15-/m0/s1. The average Bonchev–Trinajstić information content (AvgIpc) is 3.06. The highest BCUT2D eigenvalue weighted by atomic mass is 16.2. The molecule has 1 aromatic carbocycles. The van der Waals surface area contributed by atoms with Crippen LogP contribution in [-0.2, 0) is 13.6 Å². The quantitative estimate of drug-likeness (QED) is 0.909. The molecular formula is C17H23N5O. The maximum absolute atomic E-state index is 12.1. The summed E-state index contributed by atoms with van der Waals surface area (Å²) >= 11 is 0. The largest absolute Gasteiger partial charge is 0.334 e. The molecule has 1 fully saturated rings. The molecule has 0 radical (unpaired) electrons. The Balaban J connectivity index is 1.48. The van der Waals surface area contributed by atoms with Gasteiger partial charge in [-0.05, 0) is 18.9 Å². The van der Waals surface area contributed by atoms with Gasteiger partial charge in [0.2, 0.25) is 0 Å². The van der Waals surface area contributed by atoms with Crippen LogP contribution in [0.25, 0.3) is 0 Å². The normalized spacial score (nSPS) is 18.1. The van der Waals surface area contributed by atoms with Gasteiger partial charge in [0.05, 0.1) is 5.69 Å². The molecule has 23 heavy (non-hydrogen) atoms. The van der Waals surface area contributed by atoms with Crippen LogP contribution in [0.15, 0.2) is 36.4 Å². The molecule has 2 N–H and O–H groups in total. The number of urea groups is 1. The zero-order valence-electron chi connectivity index (χ0n) is 13.6. The third-order valence-electron chi connectivity index (χ3n) is 4.10. The van der Waals surface area contributed by atoms with Crippen LogP contribution in [0.3, 0.4) is 0 Å². The number of anilines is 1. The van der Waals surface area contributed by atoms with E-state index in [0.717, 1.165) is 31.7 Å². The number of carbonyl (C=O) groups excluding carboxylic acids is 1. The second-order valence-corrected chi connectivity index (χ2v) is 6.10.